The maximum Gasteiger partial charge on any atom is 0.138 e. The van der Waals surface area contributed by atoms with E-state index in [9.17, 15) is 4.21 Å². The minimum absolute atomic E-state index is 0.562. The second-order valence-electron chi connectivity index (χ2n) is 2.45. The van der Waals surface area contributed by atoms with Crippen LogP contribution in [-0.2, 0) is 9.71 Å². The molecule has 0 aliphatic rings. The number of hydrogen-bond donors (Lipinski definition) is 1. The first-order valence-corrected chi connectivity index (χ1v) is 6.13. The smallest absolute Gasteiger partial charge is 0.138 e. The lowest BCUT2D eigenvalue weighted by Crippen LogP contribution is -2.10. The number of pyridine rings is 1. The van der Waals surface area contributed by atoms with Crippen molar-refractivity contribution in [2.24, 2.45) is 0 Å². The van der Waals surface area contributed by atoms with Crippen molar-refractivity contribution < 1.29 is 4.21 Å². The van der Waals surface area contributed by atoms with Crippen molar-refractivity contribution in [2.75, 3.05) is 11.0 Å². The second kappa shape index (κ2) is 3.45. The molecule has 0 bridgehead atoms. The molecule has 0 aromatic carbocycles. The zero-order valence-electron chi connectivity index (χ0n) is 6.58. The summed E-state index contributed by atoms with van der Waals surface area (Å²) in [7, 11) is -2.23. The fraction of sp³-hybridized carbons (Fsp3) is 0.143. The summed E-state index contributed by atoms with van der Waals surface area (Å²) in [4.78, 5) is 4.04. The van der Waals surface area contributed by atoms with Gasteiger partial charge in [-0.3, -0.25) is 4.72 Å². The molecule has 0 spiro atoms. The van der Waals surface area contributed by atoms with E-state index in [-0.39, 0.29) is 0 Å². The lowest BCUT2D eigenvalue weighted by atomic mass is 10.5. The van der Waals surface area contributed by atoms with Gasteiger partial charge in [0.25, 0.3) is 0 Å². The minimum Gasteiger partial charge on any atom is -0.297 e. The van der Waals surface area contributed by atoms with Crippen molar-refractivity contribution in [3.63, 3.8) is 0 Å². The normalized spacial score (nSPS) is 15.2. The Balaban J connectivity index is 2.91. The van der Waals surface area contributed by atoms with Crippen LogP contribution in [0.15, 0.2) is 22.8 Å². The van der Waals surface area contributed by atoms with Gasteiger partial charge in [-0.25, -0.2) is 9.19 Å². The van der Waals surface area contributed by atoms with Gasteiger partial charge in [0.1, 0.15) is 10.4 Å². The van der Waals surface area contributed by atoms with Crippen LogP contribution >= 0.6 is 15.9 Å². The number of aromatic nitrogens is 1. The third-order valence-electron chi connectivity index (χ3n) is 1.04. The number of hydrogen-bond acceptors (Lipinski definition) is 2. The van der Waals surface area contributed by atoms with Crippen molar-refractivity contribution in [2.45, 2.75) is 0 Å². The fourth-order valence-electron chi connectivity index (χ4n) is 0.686. The van der Waals surface area contributed by atoms with Crippen molar-refractivity contribution in [1.82, 2.24) is 4.98 Å². The molecule has 0 radical (unpaired) electrons. The molecule has 0 amide bonds. The SMILES string of the molecule is C=S(C)(=O)Nc1cccc(Br)n1. The highest BCUT2D eigenvalue weighted by atomic mass is 79.9. The maximum atomic E-state index is 11.2. The first-order chi connectivity index (χ1) is 5.47. The third kappa shape index (κ3) is 3.23. The molecule has 0 saturated heterocycles. The lowest BCUT2D eigenvalue weighted by molar-refractivity contribution is 0.688. The Bertz CT molecular complexity index is 375. The highest BCUT2D eigenvalue weighted by Crippen LogP contribution is 2.10. The van der Waals surface area contributed by atoms with Crippen molar-refractivity contribution in [3.8, 4) is 0 Å². The van der Waals surface area contributed by atoms with Crippen LogP contribution in [-0.4, -0.2) is 21.3 Å². The van der Waals surface area contributed by atoms with Gasteiger partial charge in [0.15, 0.2) is 0 Å². The van der Waals surface area contributed by atoms with Crippen LogP contribution in [0.1, 0.15) is 0 Å². The Morgan fingerprint density at radius 2 is 2.33 bits per heavy atom. The van der Waals surface area contributed by atoms with Gasteiger partial charge in [-0.05, 0) is 33.9 Å². The third-order valence-corrected chi connectivity index (χ3v) is 2.12. The molecule has 1 aromatic rings. The molecule has 5 heteroatoms. The fourth-order valence-corrected chi connectivity index (χ4v) is 1.59. The zero-order valence-corrected chi connectivity index (χ0v) is 8.98. The molecular formula is C7H9BrN2OS. The molecule has 1 heterocycles. The van der Waals surface area contributed by atoms with E-state index in [1.54, 1.807) is 12.1 Å². The monoisotopic (exact) mass is 248 g/mol. The predicted octanol–water partition coefficient (Wildman–Crippen LogP) is 1.52. The van der Waals surface area contributed by atoms with Crippen LogP contribution in [0.4, 0.5) is 5.82 Å². The van der Waals surface area contributed by atoms with E-state index in [1.807, 2.05) is 6.07 Å². The molecule has 1 atom stereocenters. The molecule has 1 aromatic heterocycles. The van der Waals surface area contributed by atoms with Gasteiger partial charge in [-0.15, -0.1) is 0 Å². The number of rotatable bonds is 2. The average Bonchev–Trinajstić information content (AvgIpc) is 1.82. The van der Waals surface area contributed by atoms with Crippen LogP contribution < -0.4 is 4.72 Å². The van der Waals surface area contributed by atoms with E-state index >= 15 is 0 Å². The van der Waals surface area contributed by atoms with Gasteiger partial charge in [-0.2, -0.15) is 0 Å². The Labute approximate surface area is 80.5 Å². The molecule has 66 valence electrons. The molecule has 1 N–H and O–H groups in total. The lowest BCUT2D eigenvalue weighted by Gasteiger charge is -2.05. The first-order valence-electron chi connectivity index (χ1n) is 3.20. The number of halogens is 1. The summed E-state index contributed by atoms with van der Waals surface area (Å²) in [6, 6.07) is 5.34. The van der Waals surface area contributed by atoms with Gasteiger partial charge in [0, 0.05) is 16.0 Å². The highest BCUT2D eigenvalue weighted by molar-refractivity contribution is 9.10. The minimum atomic E-state index is -2.23. The van der Waals surface area contributed by atoms with E-state index in [0.717, 1.165) is 0 Å². The molecule has 0 aliphatic heterocycles. The Morgan fingerprint density at radius 1 is 1.67 bits per heavy atom. The standard InChI is InChI=1S/C7H9BrN2OS/c1-12(2,11)10-7-5-3-4-6(8)9-7/h3-5H,1H2,2H3,(H,9,10,11). The van der Waals surface area contributed by atoms with Crippen LogP contribution in [0.3, 0.4) is 0 Å². The van der Waals surface area contributed by atoms with Crippen LogP contribution in [0.25, 0.3) is 0 Å². The van der Waals surface area contributed by atoms with Crippen molar-refractivity contribution in [1.29, 1.82) is 0 Å². The molecule has 0 fully saturated rings. The molecule has 1 rings (SSSR count). The largest absolute Gasteiger partial charge is 0.297 e. The van der Waals surface area contributed by atoms with E-state index in [2.05, 4.69) is 31.5 Å². The quantitative estimate of drug-likeness (QED) is 0.637. The summed E-state index contributed by atoms with van der Waals surface area (Å²) in [5.74, 6) is 4.02. The van der Waals surface area contributed by atoms with Crippen LogP contribution in [0.2, 0.25) is 0 Å². The Hall–Kier alpha value is -0.550. The molecule has 0 saturated carbocycles. The second-order valence-corrected chi connectivity index (χ2v) is 5.48. The number of nitrogens with one attached hydrogen (secondary N) is 1. The number of nitrogens with zero attached hydrogens (tertiary/aromatic N) is 1. The molecule has 0 aliphatic carbocycles. The topological polar surface area (TPSA) is 42.0 Å². The number of anilines is 1. The van der Waals surface area contributed by atoms with Gasteiger partial charge >= 0.3 is 0 Å². The van der Waals surface area contributed by atoms with E-state index in [0.29, 0.717) is 10.4 Å². The van der Waals surface area contributed by atoms with E-state index < -0.39 is 9.71 Å². The summed E-state index contributed by atoms with van der Waals surface area (Å²) in [5.41, 5.74) is 0. The molecular weight excluding hydrogens is 240 g/mol. The zero-order chi connectivity index (χ0) is 9.19. The maximum absolute atomic E-state index is 11.2. The first kappa shape index (κ1) is 9.54. The summed E-state index contributed by atoms with van der Waals surface area (Å²) >= 11 is 3.21. The van der Waals surface area contributed by atoms with Gasteiger partial charge < -0.3 is 0 Å². The summed E-state index contributed by atoms with van der Waals surface area (Å²) in [6.07, 6.45) is 1.52. The van der Waals surface area contributed by atoms with Crippen LogP contribution in [0.5, 0.6) is 0 Å². The molecule has 3 nitrogen and oxygen atoms in total. The van der Waals surface area contributed by atoms with Crippen molar-refractivity contribution in [3.05, 3.63) is 22.8 Å². The van der Waals surface area contributed by atoms with Gasteiger partial charge in [0.05, 0.1) is 0 Å². The van der Waals surface area contributed by atoms with E-state index in [1.165, 1.54) is 6.26 Å². The van der Waals surface area contributed by atoms with Crippen LogP contribution in [0, 0.1) is 0 Å². The van der Waals surface area contributed by atoms with E-state index in [4.69, 9.17) is 0 Å². The van der Waals surface area contributed by atoms with Gasteiger partial charge in [0.2, 0.25) is 0 Å². The van der Waals surface area contributed by atoms with Crippen molar-refractivity contribution >= 4 is 37.3 Å². The summed E-state index contributed by atoms with van der Waals surface area (Å²) < 4.78 is 14.6. The average molecular weight is 249 g/mol. The summed E-state index contributed by atoms with van der Waals surface area (Å²) in [6.45, 7) is 0. The highest BCUT2D eigenvalue weighted by Gasteiger charge is 1.97. The Morgan fingerprint density at radius 3 is 2.83 bits per heavy atom. The predicted molar refractivity (Wildman–Crippen MR) is 56.7 cm³/mol. The Kier molecular flexibility index (Phi) is 2.74. The summed E-state index contributed by atoms with van der Waals surface area (Å²) in [5, 5.41) is 0. The molecule has 12 heavy (non-hydrogen) atoms. The molecule has 1 unspecified atom stereocenters. The van der Waals surface area contributed by atoms with Gasteiger partial charge in [-0.1, -0.05) is 6.07 Å².